The lowest BCUT2D eigenvalue weighted by Crippen LogP contribution is -2.47. The molecule has 15 heavy (non-hydrogen) atoms. The van der Waals surface area contributed by atoms with Gasteiger partial charge in [-0.3, -0.25) is 9.69 Å². The summed E-state index contributed by atoms with van der Waals surface area (Å²) < 4.78 is 0. The van der Waals surface area contributed by atoms with E-state index in [9.17, 15) is 4.79 Å². The van der Waals surface area contributed by atoms with Crippen molar-refractivity contribution in [3.8, 4) is 0 Å². The maximum absolute atomic E-state index is 10.9. The minimum atomic E-state index is -0.178. The third kappa shape index (κ3) is 2.71. The molecule has 86 valence electrons. The van der Waals surface area contributed by atoms with Crippen LogP contribution in [0.15, 0.2) is 0 Å². The fourth-order valence-electron chi connectivity index (χ4n) is 3.38. The second kappa shape index (κ2) is 4.52. The normalized spacial score (nSPS) is 26.7. The number of carbonyl (C=O) groups excluding carboxylic acids is 1. The van der Waals surface area contributed by atoms with Crippen molar-refractivity contribution in [2.75, 3.05) is 19.6 Å². The van der Waals surface area contributed by atoms with E-state index in [2.05, 4.69) is 4.90 Å². The number of primary amides is 1. The molecule has 1 aliphatic carbocycles. The van der Waals surface area contributed by atoms with Gasteiger partial charge in [0.1, 0.15) is 0 Å². The lowest BCUT2D eigenvalue weighted by molar-refractivity contribution is -0.120. The fourth-order valence-corrected chi connectivity index (χ4v) is 3.38. The molecule has 0 radical (unpaired) electrons. The van der Waals surface area contributed by atoms with E-state index in [0.717, 1.165) is 13.1 Å². The molecule has 0 atom stereocenters. The van der Waals surface area contributed by atoms with Gasteiger partial charge in [-0.15, -0.1) is 0 Å². The van der Waals surface area contributed by atoms with Crippen LogP contribution < -0.4 is 5.73 Å². The number of carbonyl (C=O) groups is 1. The first-order chi connectivity index (χ1) is 7.20. The minimum absolute atomic E-state index is 0.178. The van der Waals surface area contributed by atoms with Crippen molar-refractivity contribution in [3.05, 3.63) is 0 Å². The average Bonchev–Trinajstić information content (AvgIpc) is 2.17. The Morgan fingerprint density at radius 2 is 1.80 bits per heavy atom. The van der Waals surface area contributed by atoms with Gasteiger partial charge in [-0.05, 0) is 37.6 Å². The predicted molar refractivity (Wildman–Crippen MR) is 60.4 cm³/mol. The van der Waals surface area contributed by atoms with E-state index in [1.165, 1.54) is 44.9 Å². The highest BCUT2D eigenvalue weighted by molar-refractivity contribution is 5.75. The Morgan fingerprint density at radius 3 is 2.47 bits per heavy atom. The van der Waals surface area contributed by atoms with Crippen molar-refractivity contribution in [1.29, 1.82) is 0 Å². The smallest absolute Gasteiger partial charge is 0.231 e. The zero-order valence-corrected chi connectivity index (χ0v) is 9.50. The predicted octanol–water partition coefficient (Wildman–Crippen LogP) is 1.52. The van der Waals surface area contributed by atoms with Crippen LogP contribution in [0.4, 0.5) is 0 Å². The highest BCUT2D eigenvalue weighted by atomic mass is 16.1. The maximum Gasteiger partial charge on any atom is 0.231 e. The zero-order valence-electron chi connectivity index (χ0n) is 9.50. The van der Waals surface area contributed by atoms with Crippen molar-refractivity contribution in [2.24, 2.45) is 11.1 Å². The van der Waals surface area contributed by atoms with Crippen molar-refractivity contribution in [1.82, 2.24) is 4.90 Å². The zero-order chi connectivity index (χ0) is 10.7. The van der Waals surface area contributed by atoms with Crippen LogP contribution in [-0.4, -0.2) is 30.4 Å². The number of nitrogens with zero attached hydrogens (tertiary/aromatic N) is 1. The van der Waals surface area contributed by atoms with Crippen molar-refractivity contribution in [2.45, 2.75) is 44.9 Å². The Bertz CT molecular complexity index is 228. The van der Waals surface area contributed by atoms with E-state index in [1.807, 2.05) is 0 Å². The van der Waals surface area contributed by atoms with Crippen LogP contribution in [0.1, 0.15) is 44.9 Å². The number of likely N-dealkylation sites (tertiary alicyclic amines) is 1. The molecule has 1 aliphatic heterocycles. The highest BCUT2D eigenvalue weighted by Gasteiger charge is 2.36. The Hall–Kier alpha value is -0.570. The van der Waals surface area contributed by atoms with Gasteiger partial charge >= 0.3 is 0 Å². The summed E-state index contributed by atoms with van der Waals surface area (Å²) in [4.78, 5) is 13.2. The summed E-state index contributed by atoms with van der Waals surface area (Å²) in [7, 11) is 0. The van der Waals surface area contributed by atoms with E-state index in [4.69, 9.17) is 5.73 Å². The van der Waals surface area contributed by atoms with Crippen LogP contribution in [0.3, 0.4) is 0 Å². The Kier molecular flexibility index (Phi) is 3.29. The van der Waals surface area contributed by atoms with Crippen molar-refractivity contribution >= 4 is 5.91 Å². The SMILES string of the molecule is NC(=O)CN1CCCC2(CCCCC2)C1. The molecule has 0 aromatic carbocycles. The number of hydrogen-bond donors (Lipinski definition) is 1. The van der Waals surface area contributed by atoms with Crippen LogP contribution in [0, 0.1) is 5.41 Å². The molecule has 2 aliphatic rings. The second-order valence-electron chi connectivity index (χ2n) is 5.34. The topological polar surface area (TPSA) is 46.3 Å². The van der Waals surface area contributed by atoms with Crippen molar-refractivity contribution < 1.29 is 4.79 Å². The number of nitrogens with two attached hydrogens (primary N) is 1. The molecule has 1 saturated heterocycles. The summed E-state index contributed by atoms with van der Waals surface area (Å²) in [6, 6.07) is 0. The molecule has 1 saturated carbocycles. The minimum Gasteiger partial charge on any atom is -0.369 e. The fraction of sp³-hybridized carbons (Fsp3) is 0.917. The van der Waals surface area contributed by atoms with Crippen LogP contribution in [-0.2, 0) is 4.79 Å². The Labute approximate surface area is 92.0 Å². The van der Waals surface area contributed by atoms with E-state index >= 15 is 0 Å². The lowest BCUT2D eigenvalue weighted by atomic mass is 9.69. The molecule has 1 heterocycles. The molecular weight excluding hydrogens is 188 g/mol. The molecule has 2 N–H and O–H groups in total. The van der Waals surface area contributed by atoms with Crippen LogP contribution >= 0.6 is 0 Å². The summed E-state index contributed by atoms with van der Waals surface area (Å²) in [6.45, 7) is 2.63. The monoisotopic (exact) mass is 210 g/mol. The molecule has 2 rings (SSSR count). The van der Waals surface area contributed by atoms with Gasteiger partial charge in [0.25, 0.3) is 0 Å². The number of rotatable bonds is 2. The second-order valence-corrected chi connectivity index (χ2v) is 5.34. The Morgan fingerprint density at radius 1 is 1.13 bits per heavy atom. The number of hydrogen-bond acceptors (Lipinski definition) is 2. The van der Waals surface area contributed by atoms with Gasteiger partial charge in [-0.1, -0.05) is 19.3 Å². The molecule has 3 nitrogen and oxygen atoms in total. The standard InChI is InChI=1S/C12H22N2O/c13-11(15)9-14-8-4-7-12(10-14)5-2-1-3-6-12/h1-10H2,(H2,13,15). The molecule has 0 unspecified atom stereocenters. The number of piperidine rings is 1. The number of amides is 1. The van der Waals surface area contributed by atoms with Crippen LogP contribution in [0.2, 0.25) is 0 Å². The summed E-state index contributed by atoms with van der Waals surface area (Å²) >= 11 is 0. The van der Waals surface area contributed by atoms with Gasteiger partial charge in [0.2, 0.25) is 5.91 Å². The summed E-state index contributed by atoms with van der Waals surface area (Å²) in [5.74, 6) is -0.178. The van der Waals surface area contributed by atoms with Gasteiger partial charge < -0.3 is 5.73 Å². The first-order valence-corrected chi connectivity index (χ1v) is 6.21. The molecule has 0 aromatic rings. The van der Waals surface area contributed by atoms with E-state index in [-0.39, 0.29) is 5.91 Å². The molecule has 3 heteroatoms. The summed E-state index contributed by atoms with van der Waals surface area (Å²) in [5, 5.41) is 0. The van der Waals surface area contributed by atoms with Gasteiger partial charge in [0, 0.05) is 6.54 Å². The molecule has 1 spiro atoms. The summed E-state index contributed by atoms with van der Waals surface area (Å²) in [6.07, 6.45) is 9.49. The van der Waals surface area contributed by atoms with Gasteiger partial charge in [-0.2, -0.15) is 0 Å². The maximum atomic E-state index is 10.9. The van der Waals surface area contributed by atoms with Crippen LogP contribution in [0.5, 0.6) is 0 Å². The Balaban J connectivity index is 1.93. The first-order valence-electron chi connectivity index (χ1n) is 6.21. The van der Waals surface area contributed by atoms with E-state index < -0.39 is 0 Å². The molecule has 0 bridgehead atoms. The quantitative estimate of drug-likeness (QED) is 0.751. The third-order valence-corrected chi connectivity index (χ3v) is 4.03. The van der Waals surface area contributed by atoms with Crippen molar-refractivity contribution in [3.63, 3.8) is 0 Å². The van der Waals surface area contributed by atoms with Gasteiger partial charge in [0.15, 0.2) is 0 Å². The van der Waals surface area contributed by atoms with Gasteiger partial charge in [0.05, 0.1) is 6.54 Å². The first kappa shape index (κ1) is 10.9. The van der Waals surface area contributed by atoms with Gasteiger partial charge in [-0.25, -0.2) is 0 Å². The van der Waals surface area contributed by atoms with E-state index in [1.54, 1.807) is 0 Å². The molecular formula is C12H22N2O. The molecule has 1 amide bonds. The third-order valence-electron chi connectivity index (χ3n) is 4.03. The highest BCUT2D eigenvalue weighted by Crippen LogP contribution is 2.42. The molecule has 2 fully saturated rings. The van der Waals surface area contributed by atoms with Crippen LogP contribution in [0.25, 0.3) is 0 Å². The largest absolute Gasteiger partial charge is 0.369 e. The van der Waals surface area contributed by atoms with E-state index in [0.29, 0.717) is 12.0 Å². The average molecular weight is 210 g/mol. The summed E-state index contributed by atoms with van der Waals surface area (Å²) in [5.41, 5.74) is 5.79. The molecule has 0 aromatic heterocycles. The lowest BCUT2D eigenvalue weighted by Gasteiger charge is -2.45.